The summed E-state index contributed by atoms with van der Waals surface area (Å²) in [5.41, 5.74) is -1.28. The first-order valence-electron chi connectivity index (χ1n) is 4.25. The number of hydrogen-bond donors (Lipinski definition) is 0. The van der Waals surface area contributed by atoms with Gasteiger partial charge in [-0.05, 0) is 34.6 Å². The quantitative estimate of drug-likeness (QED) is 0.567. The van der Waals surface area contributed by atoms with Gasteiger partial charge in [0.1, 0.15) is 5.67 Å². The van der Waals surface area contributed by atoms with E-state index in [1.807, 2.05) is 13.8 Å². The highest BCUT2D eigenvalue weighted by Gasteiger charge is 2.57. The summed E-state index contributed by atoms with van der Waals surface area (Å²) in [7, 11) is 0. The Hall–Kier alpha value is -0.110. The van der Waals surface area contributed by atoms with Gasteiger partial charge in [0.2, 0.25) is 0 Å². The van der Waals surface area contributed by atoms with Crippen LogP contribution in [0.5, 0.6) is 0 Å². The first kappa shape index (κ1) is 8.98. The normalized spacial score (nSPS) is 37.4. The molecule has 1 aliphatic heterocycles. The van der Waals surface area contributed by atoms with Gasteiger partial charge in [0.15, 0.2) is 0 Å². The van der Waals surface area contributed by atoms with Crippen molar-refractivity contribution in [3.63, 3.8) is 0 Å². The maximum absolute atomic E-state index is 13.6. The first-order valence-corrected chi connectivity index (χ1v) is 4.25. The van der Waals surface area contributed by atoms with E-state index in [0.717, 1.165) is 0 Å². The monoisotopic (exact) mass is 159 g/mol. The van der Waals surface area contributed by atoms with E-state index < -0.39 is 5.67 Å². The molecule has 1 heterocycles. The van der Waals surface area contributed by atoms with Crippen LogP contribution >= 0.6 is 0 Å². The van der Waals surface area contributed by atoms with E-state index >= 15 is 0 Å². The topological polar surface area (TPSA) is 3.24 Å². The average molecular weight is 159 g/mol. The number of rotatable bonds is 1. The molecule has 0 aromatic heterocycles. The molecule has 1 nitrogen and oxygen atoms in total. The van der Waals surface area contributed by atoms with E-state index in [1.54, 1.807) is 6.92 Å². The van der Waals surface area contributed by atoms with Gasteiger partial charge in [-0.1, -0.05) is 0 Å². The van der Waals surface area contributed by atoms with Gasteiger partial charge in [-0.3, -0.25) is 4.90 Å². The van der Waals surface area contributed by atoms with Gasteiger partial charge in [-0.25, -0.2) is 4.39 Å². The Bertz CT molecular complexity index is 161. The molecule has 0 aromatic carbocycles. The molecule has 66 valence electrons. The predicted molar refractivity (Wildman–Crippen MR) is 45.4 cm³/mol. The average Bonchev–Trinajstić information content (AvgIpc) is 1.82. The smallest absolute Gasteiger partial charge is 0.138 e. The van der Waals surface area contributed by atoms with Crippen molar-refractivity contribution in [2.24, 2.45) is 0 Å². The van der Waals surface area contributed by atoms with Gasteiger partial charge in [0.25, 0.3) is 0 Å². The van der Waals surface area contributed by atoms with E-state index in [2.05, 4.69) is 18.7 Å². The number of halogens is 1. The molecule has 0 radical (unpaired) electrons. The van der Waals surface area contributed by atoms with Crippen LogP contribution in [0.2, 0.25) is 0 Å². The van der Waals surface area contributed by atoms with Gasteiger partial charge in [0.05, 0.1) is 5.54 Å². The van der Waals surface area contributed by atoms with Crippen LogP contribution in [-0.2, 0) is 0 Å². The zero-order valence-corrected chi connectivity index (χ0v) is 8.11. The predicted octanol–water partition coefficient (Wildman–Crippen LogP) is 2.22. The fraction of sp³-hybridized carbons (Fsp3) is 1.00. The third-order valence-corrected chi connectivity index (χ3v) is 3.08. The molecule has 11 heavy (non-hydrogen) atoms. The van der Waals surface area contributed by atoms with Crippen molar-refractivity contribution in [3.8, 4) is 0 Å². The SMILES string of the molecule is CC(C)N1CC(C)(F)C1(C)C. The molecule has 1 unspecified atom stereocenters. The van der Waals surface area contributed by atoms with E-state index in [9.17, 15) is 4.39 Å². The molecule has 1 fully saturated rings. The summed E-state index contributed by atoms with van der Waals surface area (Å²) in [5.74, 6) is 0. The summed E-state index contributed by atoms with van der Waals surface area (Å²) in [6.07, 6.45) is 0. The van der Waals surface area contributed by atoms with Crippen LogP contribution < -0.4 is 0 Å². The molecule has 0 spiro atoms. The van der Waals surface area contributed by atoms with Gasteiger partial charge in [-0.15, -0.1) is 0 Å². The largest absolute Gasteiger partial charge is 0.289 e. The highest BCUT2D eigenvalue weighted by molar-refractivity contribution is 5.11. The fourth-order valence-electron chi connectivity index (χ4n) is 1.75. The van der Waals surface area contributed by atoms with Crippen molar-refractivity contribution in [2.45, 2.75) is 51.9 Å². The fourth-order valence-corrected chi connectivity index (χ4v) is 1.75. The number of hydrogen-bond acceptors (Lipinski definition) is 1. The Balaban J connectivity index is 2.69. The lowest BCUT2D eigenvalue weighted by atomic mass is 9.74. The number of nitrogens with zero attached hydrogens (tertiary/aromatic N) is 1. The third kappa shape index (κ3) is 1.08. The summed E-state index contributed by atoms with van der Waals surface area (Å²) < 4.78 is 13.6. The summed E-state index contributed by atoms with van der Waals surface area (Å²) in [5, 5.41) is 0. The lowest BCUT2D eigenvalue weighted by Crippen LogP contribution is -2.74. The highest BCUT2D eigenvalue weighted by Crippen LogP contribution is 2.43. The van der Waals surface area contributed by atoms with Crippen molar-refractivity contribution in [3.05, 3.63) is 0 Å². The van der Waals surface area contributed by atoms with Gasteiger partial charge in [-0.2, -0.15) is 0 Å². The van der Waals surface area contributed by atoms with Crippen LogP contribution in [0.15, 0.2) is 0 Å². The Morgan fingerprint density at radius 2 is 1.73 bits per heavy atom. The van der Waals surface area contributed by atoms with Crippen molar-refractivity contribution in [2.75, 3.05) is 6.54 Å². The standard InChI is InChI=1S/C9H18FN/c1-7(2)11-6-9(5,10)8(11,3)4/h7H,6H2,1-5H3. The van der Waals surface area contributed by atoms with E-state index in [4.69, 9.17) is 0 Å². The Kier molecular flexibility index (Phi) is 1.79. The first-order chi connectivity index (χ1) is 4.79. The molecule has 0 saturated carbocycles. The molecule has 0 aliphatic carbocycles. The molecule has 0 N–H and O–H groups in total. The molecule has 1 saturated heterocycles. The summed E-state index contributed by atoms with van der Waals surface area (Å²) in [6, 6.07) is 0.453. The summed E-state index contributed by atoms with van der Waals surface area (Å²) in [6.45, 7) is 10.4. The maximum atomic E-state index is 13.6. The Morgan fingerprint density at radius 1 is 1.27 bits per heavy atom. The van der Waals surface area contributed by atoms with Gasteiger partial charge >= 0.3 is 0 Å². The number of alkyl halides is 1. The van der Waals surface area contributed by atoms with Crippen LogP contribution in [0.3, 0.4) is 0 Å². The molecule has 0 bridgehead atoms. The maximum Gasteiger partial charge on any atom is 0.138 e. The molecule has 1 aliphatic rings. The molecule has 0 aromatic rings. The van der Waals surface area contributed by atoms with Crippen LogP contribution in [-0.4, -0.2) is 28.7 Å². The van der Waals surface area contributed by atoms with Crippen LogP contribution in [0, 0.1) is 0 Å². The number of likely N-dealkylation sites (tertiary alicyclic amines) is 1. The second-order valence-electron chi connectivity index (χ2n) is 4.48. The van der Waals surface area contributed by atoms with Crippen LogP contribution in [0.25, 0.3) is 0 Å². The van der Waals surface area contributed by atoms with E-state index in [1.165, 1.54) is 0 Å². The van der Waals surface area contributed by atoms with Crippen molar-refractivity contribution in [1.29, 1.82) is 0 Å². The lowest BCUT2D eigenvalue weighted by Gasteiger charge is -2.59. The molecular formula is C9H18FN. The minimum Gasteiger partial charge on any atom is -0.289 e. The zero-order chi connectivity index (χ0) is 8.86. The third-order valence-electron chi connectivity index (χ3n) is 3.08. The minimum absolute atomic E-state index is 0.277. The van der Waals surface area contributed by atoms with Crippen LogP contribution in [0.4, 0.5) is 4.39 Å². The summed E-state index contributed by atoms with van der Waals surface area (Å²) >= 11 is 0. The van der Waals surface area contributed by atoms with E-state index in [-0.39, 0.29) is 5.54 Å². The van der Waals surface area contributed by atoms with Crippen molar-refractivity contribution >= 4 is 0 Å². The lowest BCUT2D eigenvalue weighted by molar-refractivity contribution is -0.158. The minimum atomic E-state index is -1.00. The van der Waals surface area contributed by atoms with Gasteiger partial charge in [0, 0.05) is 12.6 Å². The van der Waals surface area contributed by atoms with E-state index in [0.29, 0.717) is 12.6 Å². The molecule has 1 rings (SSSR count). The second-order valence-corrected chi connectivity index (χ2v) is 4.48. The van der Waals surface area contributed by atoms with Crippen molar-refractivity contribution in [1.82, 2.24) is 4.90 Å². The molecule has 0 amide bonds. The highest BCUT2D eigenvalue weighted by atomic mass is 19.1. The Morgan fingerprint density at radius 3 is 1.82 bits per heavy atom. The molecular weight excluding hydrogens is 141 g/mol. The van der Waals surface area contributed by atoms with Gasteiger partial charge < -0.3 is 0 Å². The molecule has 1 atom stereocenters. The van der Waals surface area contributed by atoms with Crippen LogP contribution in [0.1, 0.15) is 34.6 Å². The summed E-state index contributed by atoms with van der Waals surface area (Å²) in [4.78, 5) is 2.19. The second kappa shape index (κ2) is 2.19. The van der Waals surface area contributed by atoms with Crippen molar-refractivity contribution < 1.29 is 4.39 Å². The molecule has 2 heteroatoms. The zero-order valence-electron chi connectivity index (χ0n) is 8.11. The Labute approximate surface area is 68.6 Å².